The number of carbonyl (C=O) groups is 1. The Balaban J connectivity index is 1.89. The van der Waals surface area contributed by atoms with Gasteiger partial charge in [0.2, 0.25) is 5.91 Å². The second kappa shape index (κ2) is 6.39. The van der Waals surface area contributed by atoms with Gasteiger partial charge in [-0.25, -0.2) is 0 Å². The maximum Gasteiger partial charge on any atom is 0.223 e. The van der Waals surface area contributed by atoms with Crippen molar-refractivity contribution in [3.8, 4) is 0 Å². The molecule has 2 fully saturated rings. The average Bonchev–Trinajstić information content (AvgIpc) is 2.71. The minimum Gasteiger partial charge on any atom is -0.340 e. The van der Waals surface area contributed by atoms with E-state index in [0.717, 1.165) is 32.5 Å². The predicted octanol–water partition coefficient (Wildman–Crippen LogP) is 2.17. The molecule has 2 rings (SSSR count). The zero-order chi connectivity index (χ0) is 12.1. The molecule has 0 bridgehead atoms. The first-order valence-electron chi connectivity index (χ1n) is 7.31. The van der Waals surface area contributed by atoms with Crippen LogP contribution in [0.3, 0.4) is 0 Å². The van der Waals surface area contributed by atoms with Gasteiger partial charge in [0.05, 0.1) is 0 Å². The maximum absolute atomic E-state index is 12.4. The van der Waals surface area contributed by atoms with E-state index in [-0.39, 0.29) is 0 Å². The van der Waals surface area contributed by atoms with E-state index in [0.29, 0.717) is 17.9 Å². The van der Waals surface area contributed by atoms with Crippen LogP contribution in [-0.2, 0) is 4.79 Å². The van der Waals surface area contributed by atoms with Gasteiger partial charge in [-0.3, -0.25) is 4.79 Å². The Hall–Kier alpha value is -0.570. The standard InChI is InChI=1S/C14H26N2O/c1-2-13-6-4-3-5-9-16(13)14(17)10-12-7-8-15-11-12/h12-13,15H,2-11H2,1H3. The second-order valence-electron chi connectivity index (χ2n) is 5.56. The van der Waals surface area contributed by atoms with Crippen molar-refractivity contribution >= 4 is 5.91 Å². The largest absolute Gasteiger partial charge is 0.340 e. The molecule has 0 aromatic heterocycles. The van der Waals surface area contributed by atoms with Gasteiger partial charge in [0, 0.05) is 19.0 Å². The zero-order valence-corrected chi connectivity index (χ0v) is 11.1. The van der Waals surface area contributed by atoms with Crippen LogP contribution in [-0.4, -0.2) is 36.5 Å². The number of nitrogens with zero attached hydrogens (tertiary/aromatic N) is 1. The van der Waals surface area contributed by atoms with Gasteiger partial charge in [0.15, 0.2) is 0 Å². The molecular formula is C14H26N2O. The number of hydrogen-bond donors (Lipinski definition) is 1. The van der Waals surface area contributed by atoms with Gasteiger partial charge < -0.3 is 10.2 Å². The number of hydrogen-bond acceptors (Lipinski definition) is 2. The quantitative estimate of drug-likeness (QED) is 0.817. The number of rotatable bonds is 3. The number of amides is 1. The molecule has 1 amide bonds. The Morgan fingerprint density at radius 1 is 1.29 bits per heavy atom. The highest BCUT2D eigenvalue weighted by Gasteiger charge is 2.26. The van der Waals surface area contributed by atoms with Crippen LogP contribution in [0.25, 0.3) is 0 Å². The van der Waals surface area contributed by atoms with E-state index in [1.54, 1.807) is 0 Å². The minimum absolute atomic E-state index is 0.410. The summed E-state index contributed by atoms with van der Waals surface area (Å²) < 4.78 is 0. The molecule has 0 spiro atoms. The summed E-state index contributed by atoms with van der Waals surface area (Å²) in [4.78, 5) is 14.6. The molecule has 0 saturated carbocycles. The predicted molar refractivity (Wildman–Crippen MR) is 69.9 cm³/mol. The van der Waals surface area contributed by atoms with E-state index in [1.165, 1.54) is 32.1 Å². The molecule has 3 nitrogen and oxygen atoms in total. The van der Waals surface area contributed by atoms with Crippen molar-refractivity contribution in [1.29, 1.82) is 0 Å². The number of likely N-dealkylation sites (tertiary alicyclic amines) is 1. The van der Waals surface area contributed by atoms with Crippen LogP contribution >= 0.6 is 0 Å². The SMILES string of the molecule is CCC1CCCCCN1C(=O)CC1CCNC1. The van der Waals surface area contributed by atoms with Crippen molar-refractivity contribution in [2.75, 3.05) is 19.6 Å². The van der Waals surface area contributed by atoms with Crippen molar-refractivity contribution in [2.45, 2.75) is 57.9 Å². The highest BCUT2D eigenvalue weighted by atomic mass is 16.2. The van der Waals surface area contributed by atoms with Crippen molar-refractivity contribution in [3.05, 3.63) is 0 Å². The third kappa shape index (κ3) is 3.44. The molecular weight excluding hydrogens is 212 g/mol. The van der Waals surface area contributed by atoms with Gasteiger partial charge in [-0.05, 0) is 44.7 Å². The number of nitrogens with one attached hydrogen (secondary N) is 1. The molecule has 2 aliphatic heterocycles. The molecule has 0 radical (unpaired) electrons. The molecule has 98 valence electrons. The molecule has 2 heterocycles. The monoisotopic (exact) mass is 238 g/mol. The lowest BCUT2D eigenvalue weighted by atomic mass is 10.0. The normalized spacial score (nSPS) is 30.3. The molecule has 0 aliphatic carbocycles. The van der Waals surface area contributed by atoms with Crippen LogP contribution in [0.1, 0.15) is 51.9 Å². The minimum atomic E-state index is 0.410. The summed E-state index contributed by atoms with van der Waals surface area (Å²) in [7, 11) is 0. The average molecular weight is 238 g/mol. The maximum atomic E-state index is 12.4. The summed E-state index contributed by atoms with van der Waals surface area (Å²) >= 11 is 0. The Morgan fingerprint density at radius 3 is 2.88 bits per heavy atom. The zero-order valence-electron chi connectivity index (χ0n) is 11.1. The molecule has 1 N–H and O–H groups in total. The van der Waals surface area contributed by atoms with Gasteiger partial charge in [-0.2, -0.15) is 0 Å². The van der Waals surface area contributed by atoms with Crippen LogP contribution in [0.15, 0.2) is 0 Å². The molecule has 0 aromatic carbocycles. The van der Waals surface area contributed by atoms with Gasteiger partial charge in [-0.1, -0.05) is 19.8 Å². The van der Waals surface area contributed by atoms with Gasteiger partial charge >= 0.3 is 0 Å². The third-order valence-electron chi connectivity index (χ3n) is 4.29. The van der Waals surface area contributed by atoms with E-state index in [1.807, 2.05) is 0 Å². The fourth-order valence-electron chi connectivity index (χ4n) is 3.18. The van der Waals surface area contributed by atoms with Crippen LogP contribution in [0, 0.1) is 5.92 Å². The molecule has 3 heteroatoms. The highest BCUT2D eigenvalue weighted by molar-refractivity contribution is 5.76. The fourth-order valence-corrected chi connectivity index (χ4v) is 3.18. The highest BCUT2D eigenvalue weighted by Crippen LogP contribution is 2.22. The summed E-state index contributed by atoms with van der Waals surface area (Å²) in [6, 6.07) is 0.513. The van der Waals surface area contributed by atoms with Crippen LogP contribution in [0.2, 0.25) is 0 Å². The second-order valence-corrected chi connectivity index (χ2v) is 5.56. The molecule has 2 saturated heterocycles. The van der Waals surface area contributed by atoms with E-state index >= 15 is 0 Å². The van der Waals surface area contributed by atoms with Crippen LogP contribution < -0.4 is 5.32 Å². The molecule has 17 heavy (non-hydrogen) atoms. The van der Waals surface area contributed by atoms with Crippen molar-refractivity contribution in [2.24, 2.45) is 5.92 Å². The Labute approximate surface area is 105 Å². The van der Waals surface area contributed by atoms with E-state index < -0.39 is 0 Å². The molecule has 2 atom stereocenters. The third-order valence-corrected chi connectivity index (χ3v) is 4.29. The molecule has 2 unspecified atom stereocenters. The first-order valence-corrected chi connectivity index (χ1v) is 7.31. The lowest BCUT2D eigenvalue weighted by Crippen LogP contribution is -2.40. The summed E-state index contributed by atoms with van der Waals surface area (Å²) in [6.45, 7) is 5.34. The smallest absolute Gasteiger partial charge is 0.223 e. The Morgan fingerprint density at radius 2 is 2.18 bits per heavy atom. The summed E-state index contributed by atoms with van der Waals surface area (Å²) in [6.07, 6.45) is 8.07. The first kappa shape index (κ1) is 12.9. The van der Waals surface area contributed by atoms with Crippen LogP contribution in [0.4, 0.5) is 0 Å². The van der Waals surface area contributed by atoms with Gasteiger partial charge in [0.1, 0.15) is 0 Å². The van der Waals surface area contributed by atoms with E-state index in [4.69, 9.17) is 0 Å². The van der Waals surface area contributed by atoms with Crippen molar-refractivity contribution in [1.82, 2.24) is 10.2 Å². The van der Waals surface area contributed by atoms with Crippen molar-refractivity contribution in [3.63, 3.8) is 0 Å². The van der Waals surface area contributed by atoms with Crippen molar-refractivity contribution < 1.29 is 4.79 Å². The molecule has 0 aromatic rings. The van der Waals surface area contributed by atoms with E-state index in [2.05, 4.69) is 17.1 Å². The van der Waals surface area contributed by atoms with Gasteiger partial charge in [0.25, 0.3) is 0 Å². The topological polar surface area (TPSA) is 32.3 Å². The first-order chi connectivity index (χ1) is 8.31. The molecule has 2 aliphatic rings. The lowest BCUT2D eigenvalue weighted by molar-refractivity contribution is -0.134. The van der Waals surface area contributed by atoms with E-state index in [9.17, 15) is 4.79 Å². The number of carbonyl (C=O) groups excluding carboxylic acids is 1. The fraction of sp³-hybridized carbons (Fsp3) is 0.929. The van der Waals surface area contributed by atoms with Gasteiger partial charge in [-0.15, -0.1) is 0 Å². The lowest BCUT2D eigenvalue weighted by Gasteiger charge is -2.30. The van der Waals surface area contributed by atoms with Crippen LogP contribution in [0.5, 0.6) is 0 Å². The summed E-state index contributed by atoms with van der Waals surface area (Å²) in [5.74, 6) is 0.996. The summed E-state index contributed by atoms with van der Waals surface area (Å²) in [5, 5.41) is 3.35. The summed E-state index contributed by atoms with van der Waals surface area (Å²) in [5.41, 5.74) is 0. The Bertz CT molecular complexity index is 249. The Kier molecular flexibility index (Phi) is 4.84.